The zero-order chi connectivity index (χ0) is 7.94. The van der Waals surface area contributed by atoms with Crippen LogP contribution in [-0.4, -0.2) is 31.1 Å². The van der Waals surface area contributed by atoms with E-state index in [4.69, 9.17) is 5.53 Å². The molecule has 0 bridgehead atoms. The fraction of sp³-hybridized carbons (Fsp3) is 1.00. The van der Waals surface area contributed by atoms with Crippen LogP contribution < -0.4 is 0 Å². The summed E-state index contributed by atoms with van der Waals surface area (Å²) >= 11 is 0. The molecule has 0 aliphatic carbocycles. The van der Waals surface area contributed by atoms with Gasteiger partial charge >= 0.3 is 0 Å². The number of nitrogens with zero attached hydrogens (tertiary/aromatic N) is 2. The molecule has 11 heavy (non-hydrogen) atoms. The van der Waals surface area contributed by atoms with Gasteiger partial charge in [-0.2, -0.15) is 5.53 Å². The second kappa shape index (κ2) is 5.07. The van der Waals surface area contributed by atoms with E-state index in [0.29, 0.717) is 6.61 Å². The van der Waals surface area contributed by atoms with Crippen molar-refractivity contribution in [3.63, 3.8) is 0 Å². The molecule has 1 heterocycles. The molecule has 0 aromatic carbocycles. The Morgan fingerprint density at radius 3 is 2.64 bits per heavy atom. The van der Waals surface area contributed by atoms with Crippen LogP contribution in [-0.2, 0) is 4.84 Å². The van der Waals surface area contributed by atoms with Crippen molar-refractivity contribution in [2.75, 3.05) is 26.2 Å². The van der Waals surface area contributed by atoms with Crippen molar-refractivity contribution >= 4 is 0 Å². The van der Waals surface area contributed by atoms with E-state index in [2.05, 4.69) is 15.0 Å². The highest BCUT2D eigenvalue weighted by Crippen LogP contribution is 2.07. The number of hydrogen-bond acceptors (Lipinski definition) is 4. The Hall–Kier alpha value is -0.640. The van der Waals surface area contributed by atoms with Crippen LogP contribution in [0.4, 0.5) is 0 Å². The zero-order valence-electron chi connectivity index (χ0n) is 6.75. The molecule has 0 unspecified atom stereocenters. The van der Waals surface area contributed by atoms with Crippen LogP contribution in [0.1, 0.15) is 19.3 Å². The smallest absolute Gasteiger partial charge is 0.131 e. The number of rotatable bonds is 4. The molecule has 4 nitrogen and oxygen atoms in total. The van der Waals surface area contributed by atoms with Crippen LogP contribution in [0.3, 0.4) is 0 Å². The van der Waals surface area contributed by atoms with Crippen molar-refractivity contribution in [3.05, 3.63) is 0 Å². The van der Waals surface area contributed by atoms with Gasteiger partial charge in [0.2, 0.25) is 0 Å². The maximum absolute atomic E-state index is 6.40. The third-order valence-electron chi connectivity index (χ3n) is 2.01. The highest BCUT2D eigenvalue weighted by Gasteiger charge is 2.08. The summed E-state index contributed by atoms with van der Waals surface area (Å²) in [5.74, 6) is 0. The Bertz CT molecular complexity index is 112. The Morgan fingerprint density at radius 2 is 2.00 bits per heavy atom. The van der Waals surface area contributed by atoms with Crippen LogP contribution in [0.25, 0.3) is 0 Å². The molecule has 1 aliphatic heterocycles. The first kappa shape index (κ1) is 8.46. The van der Waals surface area contributed by atoms with E-state index in [1.807, 2.05) is 0 Å². The predicted octanol–water partition coefficient (Wildman–Crippen LogP) is 1.43. The molecular weight excluding hydrogens is 142 g/mol. The minimum absolute atomic E-state index is 0.559. The van der Waals surface area contributed by atoms with Gasteiger partial charge in [-0.1, -0.05) is 6.42 Å². The summed E-state index contributed by atoms with van der Waals surface area (Å²) in [6, 6.07) is 0. The summed E-state index contributed by atoms with van der Waals surface area (Å²) in [7, 11) is 0. The molecule has 1 fully saturated rings. The van der Waals surface area contributed by atoms with Crippen molar-refractivity contribution in [3.8, 4) is 0 Å². The third-order valence-corrected chi connectivity index (χ3v) is 2.01. The predicted molar refractivity (Wildman–Crippen MR) is 41.4 cm³/mol. The Kier molecular flexibility index (Phi) is 3.90. The quantitative estimate of drug-likeness (QED) is 0.381. The largest absolute Gasteiger partial charge is 0.378 e. The monoisotopic (exact) mass is 157 g/mol. The first-order chi connectivity index (χ1) is 5.43. The van der Waals surface area contributed by atoms with Crippen LogP contribution in [0.15, 0.2) is 5.28 Å². The molecule has 0 radical (unpaired) electrons. The SMILES string of the molecule is N=NOCCN1CCCCC1. The van der Waals surface area contributed by atoms with E-state index in [1.165, 1.54) is 32.4 Å². The van der Waals surface area contributed by atoms with Gasteiger partial charge in [0.25, 0.3) is 0 Å². The lowest BCUT2D eigenvalue weighted by molar-refractivity contribution is 0.0836. The second-order valence-electron chi connectivity index (χ2n) is 2.83. The lowest BCUT2D eigenvalue weighted by Gasteiger charge is -2.25. The van der Waals surface area contributed by atoms with Crippen LogP contribution in [0.2, 0.25) is 0 Å². The van der Waals surface area contributed by atoms with E-state index in [-0.39, 0.29) is 0 Å². The Balaban J connectivity index is 2.00. The van der Waals surface area contributed by atoms with E-state index in [9.17, 15) is 0 Å². The van der Waals surface area contributed by atoms with Crippen LogP contribution in [0.5, 0.6) is 0 Å². The van der Waals surface area contributed by atoms with E-state index in [1.54, 1.807) is 0 Å². The maximum atomic E-state index is 6.40. The molecule has 0 amide bonds. The van der Waals surface area contributed by atoms with Crippen molar-refractivity contribution in [1.82, 2.24) is 4.90 Å². The van der Waals surface area contributed by atoms with E-state index >= 15 is 0 Å². The summed E-state index contributed by atoms with van der Waals surface area (Å²) in [6.45, 7) is 3.84. The third kappa shape index (κ3) is 3.32. The Labute approximate surface area is 67.0 Å². The van der Waals surface area contributed by atoms with Crippen molar-refractivity contribution in [2.24, 2.45) is 5.28 Å². The van der Waals surface area contributed by atoms with Gasteiger partial charge < -0.3 is 4.84 Å². The highest BCUT2D eigenvalue weighted by molar-refractivity contribution is 4.63. The molecule has 0 aromatic heterocycles. The average Bonchev–Trinajstić information content (AvgIpc) is 2.07. The maximum Gasteiger partial charge on any atom is 0.131 e. The van der Waals surface area contributed by atoms with Gasteiger partial charge in [-0.05, 0) is 25.9 Å². The molecule has 0 spiro atoms. The summed E-state index contributed by atoms with van der Waals surface area (Å²) < 4.78 is 0. The molecule has 0 atom stereocenters. The van der Waals surface area contributed by atoms with Gasteiger partial charge in [0, 0.05) is 11.8 Å². The average molecular weight is 157 g/mol. The summed E-state index contributed by atoms with van der Waals surface area (Å²) in [6.07, 6.45) is 3.97. The van der Waals surface area contributed by atoms with Crippen molar-refractivity contribution in [1.29, 1.82) is 5.53 Å². The molecular formula is C7H15N3O. The summed E-state index contributed by atoms with van der Waals surface area (Å²) in [5.41, 5.74) is 6.40. The van der Waals surface area contributed by atoms with Crippen LogP contribution in [0, 0.1) is 5.53 Å². The molecule has 64 valence electrons. The lowest BCUT2D eigenvalue weighted by Crippen LogP contribution is -2.32. The van der Waals surface area contributed by atoms with E-state index < -0.39 is 0 Å². The van der Waals surface area contributed by atoms with E-state index in [0.717, 1.165) is 6.54 Å². The zero-order valence-corrected chi connectivity index (χ0v) is 6.75. The molecule has 1 saturated heterocycles. The molecule has 1 rings (SSSR count). The first-order valence-electron chi connectivity index (χ1n) is 4.14. The molecule has 0 aromatic rings. The molecule has 0 saturated carbocycles. The van der Waals surface area contributed by atoms with Crippen molar-refractivity contribution in [2.45, 2.75) is 19.3 Å². The topological polar surface area (TPSA) is 48.7 Å². The number of hydrogen-bond donors (Lipinski definition) is 1. The number of nitrogens with one attached hydrogen (secondary N) is 1. The molecule has 4 heteroatoms. The van der Waals surface area contributed by atoms with Gasteiger partial charge in [0.05, 0.1) is 0 Å². The minimum Gasteiger partial charge on any atom is -0.378 e. The molecule has 1 aliphatic rings. The minimum atomic E-state index is 0.559. The summed E-state index contributed by atoms with van der Waals surface area (Å²) in [4.78, 5) is 6.94. The van der Waals surface area contributed by atoms with Crippen LogP contribution >= 0.6 is 0 Å². The first-order valence-corrected chi connectivity index (χ1v) is 4.14. The summed E-state index contributed by atoms with van der Waals surface area (Å²) in [5, 5.41) is 2.84. The number of likely N-dealkylation sites (tertiary alicyclic amines) is 1. The molecule has 1 N–H and O–H groups in total. The number of piperidine rings is 1. The van der Waals surface area contributed by atoms with Crippen molar-refractivity contribution < 1.29 is 4.84 Å². The second-order valence-corrected chi connectivity index (χ2v) is 2.83. The normalized spacial score (nSPS) is 19.6. The lowest BCUT2D eigenvalue weighted by atomic mass is 10.1. The van der Waals surface area contributed by atoms with Gasteiger partial charge in [-0.25, -0.2) is 0 Å². The fourth-order valence-corrected chi connectivity index (χ4v) is 1.40. The Morgan fingerprint density at radius 1 is 1.27 bits per heavy atom. The fourth-order valence-electron chi connectivity index (χ4n) is 1.40. The standard InChI is InChI=1S/C7H15N3O/c8-9-11-7-6-10-4-2-1-3-5-10/h8H,1-7H2. The highest BCUT2D eigenvalue weighted by atomic mass is 16.6. The van der Waals surface area contributed by atoms with Gasteiger partial charge in [-0.15, -0.1) is 0 Å². The van der Waals surface area contributed by atoms with Gasteiger partial charge in [-0.3, -0.25) is 4.90 Å². The van der Waals surface area contributed by atoms with Gasteiger partial charge in [0.15, 0.2) is 0 Å². The van der Waals surface area contributed by atoms with Gasteiger partial charge in [0.1, 0.15) is 6.61 Å².